The molecule has 1 rings (SSSR count). The van der Waals surface area contributed by atoms with Crippen molar-refractivity contribution in [3.63, 3.8) is 0 Å². The molecule has 2 unspecified atom stereocenters. The molecule has 1 heterocycles. The van der Waals surface area contributed by atoms with Crippen LogP contribution >= 0.6 is 0 Å². The summed E-state index contributed by atoms with van der Waals surface area (Å²) < 4.78 is 23.4. The third-order valence-corrected chi connectivity index (χ3v) is 6.44. The molecule has 21 heavy (non-hydrogen) atoms. The lowest BCUT2D eigenvalue weighted by molar-refractivity contribution is 0.306. The summed E-state index contributed by atoms with van der Waals surface area (Å²) in [4.78, 5) is 0. The van der Waals surface area contributed by atoms with Gasteiger partial charge in [-0.25, -0.2) is 8.42 Å². The third-order valence-electron chi connectivity index (χ3n) is 4.65. The normalized spacial score (nSPS) is 22.8. The zero-order valence-electron chi connectivity index (χ0n) is 14.2. The molecule has 0 amide bonds. The molecule has 1 saturated heterocycles. The van der Waals surface area contributed by atoms with Crippen molar-refractivity contribution in [3.8, 4) is 0 Å². The van der Waals surface area contributed by atoms with Crippen LogP contribution in [0.5, 0.6) is 0 Å². The molecular weight excluding hydrogens is 282 g/mol. The molecule has 0 saturated carbocycles. The van der Waals surface area contributed by atoms with Crippen LogP contribution in [-0.4, -0.2) is 32.5 Å². The highest BCUT2D eigenvalue weighted by Crippen LogP contribution is 2.29. The molecule has 0 aromatic rings. The highest BCUT2D eigenvalue weighted by molar-refractivity contribution is 7.91. The van der Waals surface area contributed by atoms with Crippen molar-refractivity contribution >= 4 is 9.84 Å². The molecule has 0 aromatic heterocycles. The fourth-order valence-electron chi connectivity index (χ4n) is 3.27. The van der Waals surface area contributed by atoms with Crippen LogP contribution in [0, 0.1) is 11.8 Å². The van der Waals surface area contributed by atoms with E-state index < -0.39 is 9.84 Å². The molecule has 126 valence electrons. The minimum absolute atomic E-state index is 0.386. The van der Waals surface area contributed by atoms with E-state index in [0.717, 1.165) is 13.0 Å². The van der Waals surface area contributed by atoms with Gasteiger partial charge in [0.1, 0.15) is 0 Å². The Bertz CT molecular complexity index is 365. The first kappa shape index (κ1) is 19.0. The third kappa shape index (κ3) is 8.20. The van der Waals surface area contributed by atoms with Gasteiger partial charge in [0.15, 0.2) is 9.84 Å². The van der Waals surface area contributed by atoms with Crippen LogP contribution in [0.3, 0.4) is 0 Å². The molecule has 0 aromatic carbocycles. The predicted molar refractivity (Wildman–Crippen MR) is 91.4 cm³/mol. The molecule has 1 aliphatic rings. The topological polar surface area (TPSA) is 46.2 Å². The van der Waals surface area contributed by atoms with Gasteiger partial charge in [0.2, 0.25) is 0 Å². The van der Waals surface area contributed by atoms with Crippen LogP contribution in [0.2, 0.25) is 0 Å². The van der Waals surface area contributed by atoms with Gasteiger partial charge in [-0.05, 0) is 31.2 Å². The van der Waals surface area contributed by atoms with Crippen molar-refractivity contribution in [1.82, 2.24) is 5.32 Å². The van der Waals surface area contributed by atoms with Gasteiger partial charge in [0.05, 0.1) is 11.5 Å². The largest absolute Gasteiger partial charge is 0.314 e. The second kappa shape index (κ2) is 9.83. The summed E-state index contributed by atoms with van der Waals surface area (Å²) in [6, 6.07) is 0.482. The van der Waals surface area contributed by atoms with E-state index in [9.17, 15) is 8.42 Å². The summed E-state index contributed by atoms with van der Waals surface area (Å²) in [5.74, 6) is 1.76. The number of hydrogen-bond acceptors (Lipinski definition) is 3. The molecule has 1 N–H and O–H groups in total. The number of unbranched alkanes of at least 4 members (excludes halogenated alkanes) is 5. The summed E-state index contributed by atoms with van der Waals surface area (Å²) in [7, 11) is -2.75. The molecule has 1 fully saturated rings. The molecule has 0 bridgehead atoms. The predicted octanol–water partition coefficient (Wildman–Crippen LogP) is 3.79. The van der Waals surface area contributed by atoms with E-state index >= 15 is 0 Å². The summed E-state index contributed by atoms with van der Waals surface area (Å²) in [6.45, 7) is 7.54. The van der Waals surface area contributed by atoms with Crippen molar-refractivity contribution in [3.05, 3.63) is 0 Å². The van der Waals surface area contributed by atoms with E-state index in [2.05, 4.69) is 26.1 Å². The molecule has 0 radical (unpaired) electrons. The minimum atomic E-state index is -2.75. The van der Waals surface area contributed by atoms with Gasteiger partial charge in [-0.3, -0.25) is 0 Å². The molecule has 1 aliphatic heterocycles. The Balaban J connectivity index is 2.34. The second-order valence-corrected chi connectivity index (χ2v) is 9.27. The van der Waals surface area contributed by atoms with Gasteiger partial charge in [0.25, 0.3) is 0 Å². The second-order valence-electron chi connectivity index (χ2n) is 7.04. The van der Waals surface area contributed by atoms with Gasteiger partial charge < -0.3 is 5.32 Å². The zero-order chi connectivity index (χ0) is 15.7. The first-order chi connectivity index (χ1) is 9.94. The average Bonchev–Trinajstić information content (AvgIpc) is 2.77. The average molecular weight is 318 g/mol. The lowest BCUT2D eigenvalue weighted by Gasteiger charge is -2.24. The van der Waals surface area contributed by atoms with E-state index in [1.54, 1.807) is 0 Å². The Morgan fingerprint density at radius 1 is 1.10 bits per heavy atom. The molecule has 0 aliphatic carbocycles. The van der Waals surface area contributed by atoms with Crippen LogP contribution < -0.4 is 5.32 Å². The van der Waals surface area contributed by atoms with Gasteiger partial charge in [-0.2, -0.15) is 0 Å². The highest BCUT2D eigenvalue weighted by atomic mass is 32.2. The molecule has 3 nitrogen and oxygen atoms in total. The Morgan fingerprint density at radius 3 is 2.33 bits per heavy atom. The van der Waals surface area contributed by atoms with Gasteiger partial charge in [-0.1, -0.05) is 59.3 Å². The van der Waals surface area contributed by atoms with Crippen molar-refractivity contribution in [2.45, 2.75) is 78.2 Å². The van der Waals surface area contributed by atoms with Crippen LogP contribution in [0.15, 0.2) is 0 Å². The number of rotatable bonds is 11. The maximum atomic E-state index is 11.7. The maximum absolute atomic E-state index is 11.7. The summed E-state index contributed by atoms with van der Waals surface area (Å²) in [5, 5.41) is 3.52. The van der Waals surface area contributed by atoms with Crippen LogP contribution in [0.4, 0.5) is 0 Å². The Morgan fingerprint density at radius 2 is 1.76 bits per heavy atom. The monoisotopic (exact) mass is 317 g/mol. The summed E-state index contributed by atoms with van der Waals surface area (Å²) in [5.41, 5.74) is 0. The minimum Gasteiger partial charge on any atom is -0.314 e. The first-order valence-electron chi connectivity index (χ1n) is 8.88. The Labute approximate surface area is 132 Å². The van der Waals surface area contributed by atoms with Crippen molar-refractivity contribution in [2.24, 2.45) is 11.8 Å². The zero-order valence-corrected chi connectivity index (χ0v) is 15.1. The fraction of sp³-hybridized carbons (Fsp3) is 1.00. The SMILES string of the molecule is CCCCCCCCC(CNC(C)C)C1CCS(=O)(=O)C1. The number of sulfone groups is 1. The van der Waals surface area contributed by atoms with Crippen LogP contribution in [-0.2, 0) is 9.84 Å². The maximum Gasteiger partial charge on any atom is 0.150 e. The Kier molecular flexibility index (Phi) is 8.88. The van der Waals surface area contributed by atoms with Gasteiger partial charge in [0, 0.05) is 6.04 Å². The van der Waals surface area contributed by atoms with E-state index in [1.807, 2.05) is 0 Å². The van der Waals surface area contributed by atoms with E-state index in [4.69, 9.17) is 0 Å². The highest BCUT2D eigenvalue weighted by Gasteiger charge is 2.33. The standard InChI is InChI=1S/C17H35NO2S/c1-4-5-6-7-8-9-10-16(13-18-15(2)3)17-11-12-21(19,20)14-17/h15-18H,4-14H2,1-3H3. The fourth-order valence-corrected chi connectivity index (χ4v) is 5.19. The smallest absolute Gasteiger partial charge is 0.150 e. The van der Waals surface area contributed by atoms with E-state index in [0.29, 0.717) is 29.4 Å². The molecule has 0 spiro atoms. The quantitative estimate of drug-likeness (QED) is 0.590. The number of nitrogens with one attached hydrogen (secondary N) is 1. The Hall–Kier alpha value is -0.0900. The van der Waals surface area contributed by atoms with Crippen molar-refractivity contribution < 1.29 is 8.42 Å². The molecular formula is C17H35NO2S. The lowest BCUT2D eigenvalue weighted by atomic mass is 9.87. The first-order valence-corrected chi connectivity index (χ1v) is 10.7. The summed E-state index contributed by atoms with van der Waals surface area (Å²) in [6.07, 6.45) is 9.95. The van der Waals surface area contributed by atoms with Crippen LogP contribution in [0.25, 0.3) is 0 Å². The number of hydrogen-bond donors (Lipinski definition) is 1. The van der Waals surface area contributed by atoms with E-state index in [1.165, 1.54) is 44.9 Å². The van der Waals surface area contributed by atoms with Crippen molar-refractivity contribution in [2.75, 3.05) is 18.1 Å². The van der Waals surface area contributed by atoms with Gasteiger partial charge >= 0.3 is 0 Å². The summed E-state index contributed by atoms with van der Waals surface area (Å²) >= 11 is 0. The lowest BCUT2D eigenvalue weighted by Crippen LogP contribution is -2.33. The van der Waals surface area contributed by atoms with E-state index in [-0.39, 0.29) is 0 Å². The molecule has 2 atom stereocenters. The van der Waals surface area contributed by atoms with Crippen LogP contribution in [0.1, 0.15) is 72.1 Å². The van der Waals surface area contributed by atoms with Gasteiger partial charge in [-0.15, -0.1) is 0 Å². The molecule has 4 heteroatoms. The van der Waals surface area contributed by atoms with Crippen molar-refractivity contribution in [1.29, 1.82) is 0 Å².